The molecule has 0 heterocycles. The van der Waals surface area contributed by atoms with Gasteiger partial charge in [0.2, 0.25) is 0 Å². The Morgan fingerprint density at radius 3 is 2.67 bits per heavy atom. The van der Waals surface area contributed by atoms with Crippen LogP contribution in [0.5, 0.6) is 0 Å². The summed E-state index contributed by atoms with van der Waals surface area (Å²) in [6.07, 6.45) is 9.18. The molecule has 0 bridgehead atoms. The first-order chi connectivity index (χ1) is 5.86. The highest BCUT2D eigenvalue weighted by Crippen LogP contribution is 2.25. The van der Waals surface area contributed by atoms with E-state index in [4.69, 9.17) is 4.74 Å². The van der Waals surface area contributed by atoms with Crippen molar-refractivity contribution >= 4 is 0 Å². The van der Waals surface area contributed by atoms with Crippen molar-refractivity contribution in [2.45, 2.75) is 32.6 Å². The van der Waals surface area contributed by atoms with Crippen LogP contribution >= 0.6 is 0 Å². The van der Waals surface area contributed by atoms with Crippen LogP contribution in [0.3, 0.4) is 0 Å². The molecule has 0 aliphatic heterocycles. The molecule has 0 amide bonds. The van der Waals surface area contributed by atoms with Crippen LogP contribution in [0.1, 0.15) is 32.6 Å². The van der Waals surface area contributed by atoms with Gasteiger partial charge in [-0.1, -0.05) is 19.4 Å². The van der Waals surface area contributed by atoms with Gasteiger partial charge in [0.25, 0.3) is 0 Å². The summed E-state index contributed by atoms with van der Waals surface area (Å²) in [7, 11) is 0. The lowest BCUT2D eigenvalue weighted by Gasteiger charge is -2.11. The molecule has 0 aromatic carbocycles. The van der Waals surface area contributed by atoms with Gasteiger partial charge in [0.15, 0.2) is 0 Å². The lowest BCUT2D eigenvalue weighted by Crippen LogP contribution is -2.04. The van der Waals surface area contributed by atoms with Crippen LogP contribution in [0, 0.1) is 5.92 Å². The number of hydrogen-bond donors (Lipinski definition) is 0. The maximum Gasteiger partial charge on any atom is 0.114 e. The molecule has 1 rings (SSSR count). The molecular formula is C11H18O. The van der Waals surface area contributed by atoms with Gasteiger partial charge in [0.05, 0.1) is 6.61 Å². The topological polar surface area (TPSA) is 9.23 Å². The molecule has 1 fully saturated rings. The molecule has 12 heavy (non-hydrogen) atoms. The Morgan fingerprint density at radius 2 is 2.17 bits per heavy atom. The lowest BCUT2D eigenvalue weighted by atomic mass is 10.1. The fourth-order valence-corrected chi connectivity index (χ4v) is 1.65. The van der Waals surface area contributed by atoms with E-state index in [1.54, 1.807) is 6.08 Å². The Morgan fingerprint density at radius 1 is 1.50 bits per heavy atom. The number of rotatable bonds is 4. The van der Waals surface area contributed by atoms with Crippen LogP contribution in [-0.4, -0.2) is 6.61 Å². The molecule has 1 aliphatic carbocycles. The summed E-state index contributed by atoms with van der Waals surface area (Å²) >= 11 is 0. The van der Waals surface area contributed by atoms with E-state index in [-0.39, 0.29) is 0 Å². The maximum absolute atomic E-state index is 5.57. The third-order valence-electron chi connectivity index (χ3n) is 2.45. The average Bonchev–Trinajstić information content (AvgIpc) is 2.59. The minimum absolute atomic E-state index is 0.792. The summed E-state index contributed by atoms with van der Waals surface area (Å²) in [5.41, 5.74) is 0. The minimum Gasteiger partial charge on any atom is -0.494 e. The van der Waals surface area contributed by atoms with E-state index in [1.165, 1.54) is 25.7 Å². The van der Waals surface area contributed by atoms with Crippen LogP contribution in [0.2, 0.25) is 0 Å². The van der Waals surface area contributed by atoms with E-state index < -0.39 is 0 Å². The SMILES string of the molecule is C=CC(=CC)OCC1CCCC1. The van der Waals surface area contributed by atoms with Gasteiger partial charge in [-0.05, 0) is 37.8 Å². The van der Waals surface area contributed by atoms with Gasteiger partial charge in [-0.3, -0.25) is 0 Å². The standard InChI is InChI=1S/C11H18O/c1-3-11(4-2)12-9-10-7-5-6-8-10/h3-4,10H,1,5-9H2,2H3. The second kappa shape index (κ2) is 5.02. The Labute approximate surface area is 75.1 Å². The second-order valence-electron chi connectivity index (χ2n) is 3.36. The molecule has 0 aromatic heterocycles. The molecule has 0 unspecified atom stereocenters. The summed E-state index contributed by atoms with van der Waals surface area (Å²) in [6, 6.07) is 0. The predicted octanol–water partition coefficient (Wildman–Crippen LogP) is 3.28. The molecule has 68 valence electrons. The van der Waals surface area contributed by atoms with E-state index in [1.807, 2.05) is 13.0 Å². The van der Waals surface area contributed by atoms with Crippen LogP contribution < -0.4 is 0 Å². The van der Waals surface area contributed by atoms with Crippen molar-refractivity contribution in [2.75, 3.05) is 6.61 Å². The van der Waals surface area contributed by atoms with Crippen molar-refractivity contribution in [3.8, 4) is 0 Å². The van der Waals surface area contributed by atoms with Gasteiger partial charge < -0.3 is 4.74 Å². The zero-order chi connectivity index (χ0) is 8.81. The molecule has 1 saturated carbocycles. The van der Waals surface area contributed by atoms with Crippen molar-refractivity contribution in [1.82, 2.24) is 0 Å². The zero-order valence-electron chi connectivity index (χ0n) is 7.88. The van der Waals surface area contributed by atoms with Crippen molar-refractivity contribution < 1.29 is 4.74 Å². The van der Waals surface area contributed by atoms with E-state index in [9.17, 15) is 0 Å². The molecule has 1 aliphatic rings. The molecule has 0 spiro atoms. The first-order valence-electron chi connectivity index (χ1n) is 4.78. The van der Waals surface area contributed by atoms with Crippen molar-refractivity contribution in [2.24, 2.45) is 5.92 Å². The maximum atomic E-state index is 5.57. The molecule has 0 N–H and O–H groups in total. The zero-order valence-corrected chi connectivity index (χ0v) is 7.88. The highest BCUT2D eigenvalue weighted by Gasteiger charge is 2.15. The largest absolute Gasteiger partial charge is 0.494 e. The van der Waals surface area contributed by atoms with Gasteiger partial charge in [0, 0.05) is 0 Å². The average molecular weight is 166 g/mol. The van der Waals surface area contributed by atoms with E-state index in [2.05, 4.69) is 6.58 Å². The van der Waals surface area contributed by atoms with Crippen LogP contribution in [0.15, 0.2) is 24.5 Å². The van der Waals surface area contributed by atoms with E-state index >= 15 is 0 Å². The lowest BCUT2D eigenvalue weighted by molar-refractivity contribution is 0.176. The summed E-state index contributed by atoms with van der Waals surface area (Å²) in [4.78, 5) is 0. The highest BCUT2D eigenvalue weighted by molar-refractivity contribution is 5.06. The van der Waals surface area contributed by atoms with Gasteiger partial charge in [-0.15, -0.1) is 0 Å². The Balaban J connectivity index is 2.19. The Hall–Kier alpha value is -0.720. The Kier molecular flexibility index (Phi) is 3.92. The van der Waals surface area contributed by atoms with E-state index in [0.717, 1.165) is 18.3 Å². The monoisotopic (exact) mass is 166 g/mol. The van der Waals surface area contributed by atoms with Crippen LogP contribution in [0.25, 0.3) is 0 Å². The molecule has 0 saturated heterocycles. The van der Waals surface area contributed by atoms with Gasteiger partial charge in [-0.2, -0.15) is 0 Å². The molecule has 0 aromatic rings. The first kappa shape index (κ1) is 9.37. The van der Waals surface area contributed by atoms with Gasteiger partial charge in [0.1, 0.15) is 5.76 Å². The van der Waals surface area contributed by atoms with Crippen molar-refractivity contribution in [3.63, 3.8) is 0 Å². The molecule has 0 radical (unpaired) electrons. The van der Waals surface area contributed by atoms with Crippen LogP contribution in [0.4, 0.5) is 0 Å². The van der Waals surface area contributed by atoms with Crippen molar-refractivity contribution in [3.05, 3.63) is 24.5 Å². The minimum atomic E-state index is 0.792. The molecule has 1 nitrogen and oxygen atoms in total. The summed E-state index contributed by atoms with van der Waals surface area (Å²) < 4.78 is 5.57. The van der Waals surface area contributed by atoms with E-state index in [0.29, 0.717) is 0 Å². The van der Waals surface area contributed by atoms with Crippen molar-refractivity contribution in [1.29, 1.82) is 0 Å². The fourth-order valence-electron chi connectivity index (χ4n) is 1.65. The first-order valence-corrected chi connectivity index (χ1v) is 4.78. The summed E-state index contributed by atoms with van der Waals surface area (Å²) in [6.45, 7) is 6.54. The second-order valence-corrected chi connectivity index (χ2v) is 3.36. The number of allylic oxidation sites excluding steroid dienone is 2. The van der Waals surface area contributed by atoms with Gasteiger partial charge in [-0.25, -0.2) is 0 Å². The smallest absolute Gasteiger partial charge is 0.114 e. The molecule has 0 atom stereocenters. The summed E-state index contributed by atoms with van der Waals surface area (Å²) in [5.74, 6) is 1.71. The quantitative estimate of drug-likeness (QED) is 0.460. The number of ether oxygens (including phenoxy) is 1. The third-order valence-corrected chi connectivity index (χ3v) is 2.45. The normalized spacial score (nSPS) is 19.6. The molecular weight excluding hydrogens is 148 g/mol. The summed E-state index contributed by atoms with van der Waals surface area (Å²) in [5, 5.41) is 0. The highest BCUT2D eigenvalue weighted by atomic mass is 16.5. The predicted molar refractivity (Wildman–Crippen MR) is 51.9 cm³/mol. The third kappa shape index (κ3) is 2.72. The Bertz CT molecular complexity index is 164. The van der Waals surface area contributed by atoms with Crippen LogP contribution in [-0.2, 0) is 4.74 Å². The van der Waals surface area contributed by atoms with Gasteiger partial charge >= 0.3 is 0 Å². The fraction of sp³-hybridized carbons (Fsp3) is 0.636. The number of hydrogen-bond acceptors (Lipinski definition) is 1. The molecule has 1 heteroatoms.